The summed E-state index contributed by atoms with van der Waals surface area (Å²) >= 11 is 0. The van der Waals surface area contributed by atoms with Crippen LogP contribution in [0.2, 0.25) is 0 Å². The van der Waals surface area contributed by atoms with Gasteiger partial charge < -0.3 is 19.5 Å². The quantitative estimate of drug-likeness (QED) is 0.628. The predicted molar refractivity (Wildman–Crippen MR) is 107 cm³/mol. The molecule has 1 N–H and O–H groups in total. The summed E-state index contributed by atoms with van der Waals surface area (Å²) in [6, 6.07) is 14.5. The summed E-state index contributed by atoms with van der Waals surface area (Å²) in [5.41, 5.74) is 1.36. The summed E-state index contributed by atoms with van der Waals surface area (Å²) < 4.78 is 5.39. The molecule has 1 aliphatic heterocycles. The molecule has 2 aromatic rings. The number of guanidine groups is 1. The normalized spacial score (nSPS) is 17.2. The van der Waals surface area contributed by atoms with Gasteiger partial charge >= 0.3 is 0 Å². The molecule has 144 valence electrons. The number of amides is 1. The molecule has 1 unspecified atom stereocenters. The van der Waals surface area contributed by atoms with E-state index < -0.39 is 0 Å². The van der Waals surface area contributed by atoms with Crippen LogP contribution in [-0.4, -0.2) is 61.9 Å². The van der Waals surface area contributed by atoms with Crippen LogP contribution in [0.25, 0.3) is 0 Å². The highest BCUT2D eigenvalue weighted by Crippen LogP contribution is 2.26. The Hall–Kier alpha value is -2.76. The van der Waals surface area contributed by atoms with E-state index in [0.29, 0.717) is 5.92 Å². The zero-order valence-corrected chi connectivity index (χ0v) is 16.1. The fourth-order valence-electron chi connectivity index (χ4n) is 3.25. The Morgan fingerprint density at radius 2 is 2.07 bits per heavy atom. The number of carbonyl (C=O) groups is 1. The average Bonchev–Trinajstić information content (AvgIpc) is 3.37. The smallest absolute Gasteiger partial charge is 0.243 e. The van der Waals surface area contributed by atoms with Crippen molar-refractivity contribution in [1.82, 2.24) is 15.1 Å². The highest BCUT2D eigenvalue weighted by molar-refractivity contribution is 5.85. The molecule has 1 amide bonds. The van der Waals surface area contributed by atoms with Gasteiger partial charge in [-0.05, 0) is 24.1 Å². The second-order valence-corrected chi connectivity index (χ2v) is 7.03. The van der Waals surface area contributed by atoms with Gasteiger partial charge in [-0.2, -0.15) is 0 Å². The Kier molecular flexibility index (Phi) is 6.52. The zero-order valence-electron chi connectivity index (χ0n) is 16.1. The van der Waals surface area contributed by atoms with Crippen molar-refractivity contribution in [2.24, 2.45) is 4.99 Å². The van der Waals surface area contributed by atoms with Crippen LogP contribution < -0.4 is 5.32 Å². The number of hydrogen-bond acceptors (Lipinski definition) is 3. The van der Waals surface area contributed by atoms with Crippen LogP contribution in [0.1, 0.15) is 23.7 Å². The number of benzene rings is 1. The number of likely N-dealkylation sites (N-methyl/N-ethyl adjacent to an activating group) is 1. The van der Waals surface area contributed by atoms with Gasteiger partial charge in [-0.25, -0.2) is 4.99 Å². The van der Waals surface area contributed by atoms with Crippen molar-refractivity contribution < 1.29 is 9.21 Å². The van der Waals surface area contributed by atoms with Gasteiger partial charge in [0.15, 0.2) is 5.96 Å². The molecular formula is C21H28N4O2. The lowest BCUT2D eigenvalue weighted by molar-refractivity contribution is -0.127. The minimum absolute atomic E-state index is 0.000795. The van der Waals surface area contributed by atoms with Gasteiger partial charge in [-0.1, -0.05) is 30.3 Å². The molecule has 0 saturated carbocycles. The number of rotatable bonds is 6. The van der Waals surface area contributed by atoms with Crippen LogP contribution in [-0.2, 0) is 11.2 Å². The predicted octanol–water partition coefficient (Wildman–Crippen LogP) is 2.35. The van der Waals surface area contributed by atoms with E-state index in [1.54, 1.807) is 25.3 Å². The van der Waals surface area contributed by atoms with Crippen molar-refractivity contribution in [2.45, 2.75) is 18.8 Å². The third kappa shape index (κ3) is 5.36. The fraction of sp³-hybridized carbons (Fsp3) is 0.429. The molecule has 1 fully saturated rings. The standard InChI is InChI=1S/C21H28N4O2/c1-24(2)20(26)15-23-21(22-12-10-19-9-6-14-27-19)25-13-11-18(16-25)17-7-4-3-5-8-17/h3-9,14,18H,10-13,15-16H2,1-2H3,(H,22,23). The minimum atomic E-state index is -0.000795. The lowest BCUT2D eigenvalue weighted by atomic mass is 9.99. The molecule has 0 aliphatic carbocycles. The molecule has 2 heterocycles. The van der Waals surface area contributed by atoms with E-state index in [1.807, 2.05) is 18.2 Å². The summed E-state index contributed by atoms with van der Waals surface area (Å²) in [5, 5.41) is 3.41. The number of aliphatic imine (C=N–C) groups is 1. The number of nitrogens with zero attached hydrogens (tertiary/aromatic N) is 3. The van der Waals surface area contributed by atoms with E-state index in [-0.39, 0.29) is 12.5 Å². The molecular weight excluding hydrogens is 340 g/mol. The molecule has 1 saturated heterocycles. The van der Waals surface area contributed by atoms with Gasteiger partial charge in [0.2, 0.25) is 5.91 Å². The highest BCUT2D eigenvalue weighted by atomic mass is 16.3. The van der Waals surface area contributed by atoms with Gasteiger partial charge in [-0.15, -0.1) is 0 Å². The fourth-order valence-corrected chi connectivity index (χ4v) is 3.25. The zero-order chi connectivity index (χ0) is 19.1. The Balaban J connectivity index is 1.63. The van der Waals surface area contributed by atoms with Gasteiger partial charge in [0.25, 0.3) is 0 Å². The highest BCUT2D eigenvalue weighted by Gasteiger charge is 2.26. The molecule has 0 spiro atoms. The Labute approximate surface area is 160 Å². The maximum atomic E-state index is 12.0. The van der Waals surface area contributed by atoms with Gasteiger partial charge in [0, 0.05) is 46.1 Å². The summed E-state index contributed by atoms with van der Waals surface area (Å²) in [5.74, 6) is 2.23. The van der Waals surface area contributed by atoms with E-state index in [2.05, 4.69) is 39.5 Å². The second-order valence-electron chi connectivity index (χ2n) is 7.03. The van der Waals surface area contributed by atoms with Crippen molar-refractivity contribution in [3.8, 4) is 0 Å². The SMILES string of the molecule is CN(C)C(=O)CN=C(NCCc1ccco1)N1CCC(c2ccccc2)C1. The first-order valence-corrected chi connectivity index (χ1v) is 9.44. The Bertz CT molecular complexity index is 741. The van der Waals surface area contributed by atoms with E-state index in [9.17, 15) is 4.79 Å². The van der Waals surface area contributed by atoms with Crippen LogP contribution in [0.4, 0.5) is 0 Å². The molecule has 1 aliphatic rings. The third-order valence-electron chi connectivity index (χ3n) is 4.86. The first-order chi connectivity index (χ1) is 13.1. The Morgan fingerprint density at radius 3 is 2.78 bits per heavy atom. The summed E-state index contributed by atoms with van der Waals surface area (Å²) in [6.07, 6.45) is 3.55. The molecule has 1 atom stereocenters. The number of furan rings is 1. The van der Waals surface area contributed by atoms with E-state index in [4.69, 9.17) is 4.42 Å². The van der Waals surface area contributed by atoms with Crippen LogP contribution in [0.15, 0.2) is 58.1 Å². The maximum absolute atomic E-state index is 12.0. The van der Waals surface area contributed by atoms with E-state index >= 15 is 0 Å². The van der Waals surface area contributed by atoms with Crippen LogP contribution >= 0.6 is 0 Å². The molecule has 6 nitrogen and oxygen atoms in total. The van der Waals surface area contributed by atoms with Crippen molar-refractivity contribution in [2.75, 3.05) is 40.3 Å². The molecule has 1 aromatic carbocycles. The van der Waals surface area contributed by atoms with Crippen molar-refractivity contribution in [3.63, 3.8) is 0 Å². The average molecular weight is 368 g/mol. The topological polar surface area (TPSA) is 61.1 Å². The molecule has 0 radical (unpaired) electrons. The molecule has 1 aromatic heterocycles. The van der Waals surface area contributed by atoms with Gasteiger partial charge in [-0.3, -0.25) is 4.79 Å². The van der Waals surface area contributed by atoms with Crippen LogP contribution in [0.5, 0.6) is 0 Å². The number of nitrogens with one attached hydrogen (secondary N) is 1. The molecule has 3 rings (SSSR count). The first-order valence-electron chi connectivity index (χ1n) is 9.44. The van der Waals surface area contributed by atoms with Crippen LogP contribution in [0, 0.1) is 0 Å². The van der Waals surface area contributed by atoms with Crippen LogP contribution in [0.3, 0.4) is 0 Å². The largest absolute Gasteiger partial charge is 0.469 e. The monoisotopic (exact) mass is 368 g/mol. The van der Waals surface area contributed by atoms with E-state index in [1.165, 1.54) is 5.56 Å². The minimum Gasteiger partial charge on any atom is -0.469 e. The van der Waals surface area contributed by atoms with Crippen molar-refractivity contribution in [1.29, 1.82) is 0 Å². The summed E-state index contributed by atoms with van der Waals surface area (Å²) in [7, 11) is 3.51. The number of hydrogen-bond donors (Lipinski definition) is 1. The van der Waals surface area contributed by atoms with Gasteiger partial charge in [0.05, 0.1) is 6.26 Å². The molecule has 27 heavy (non-hydrogen) atoms. The number of carbonyl (C=O) groups excluding carboxylic acids is 1. The molecule has 6 heteroatoms. The summed E-state index contributed by atoms with van der Waals surface area (Å²) in [6.45, 7) is 2.71. The second kappa shape index (κ2) is 9.26. The maximum Gasteiger partial charge on any atom is 0.243 e. The summed E-state index contributed by atoms with van der Waals surface area (Å²) in [4.78, 5) is 20.4. The van der Waals surface area contributed by atoms with E-state index in [0.717, 1.165) is 44.2 Å². The molecule has 0 bridgehead atoms. The number of likely N-dealkylation sites (tertiary alicyclic amines) is 1. The van der Waals surface area contributed by atoms with Crippen molar-refractivity contribution in [3.05, 3.63) is 60.1 Å². The Morgan fingerprint density at radius 1 is 1.26 bits per heavy atom. The first kappa shape index (κ1) is 19.0. The lowest BCUT2D eigenvalue weighted by Crippen LogP contribution is -2.41. The third-order valence-corrected chi connectivity index (χ3v) is 4.86. The van der Waals surface area contributed by atoms with Gasteiger partial charge in [0.1, 0.15) is 12.3 Å². The lowest BCUT2D eigenvalue weighted by Gasteiger charge is -2.22. The van der Waals surface area contributed by atoms with Crippen molar-refractivity contribution >= 4 is 11.9 Å².